The summed E-state index contributed by atoms with van der Waals surface area (Å²) in [6.07, 6.45) is 8.72. The van der Waals surface area contributed by atoms with E-state index in [1.165, 1.54) is 19.3 Å². The first-order valence-electron chi connectivity index (χ1n) is 4.28. The van der Waals surface area contributed by atoms with E-state index in [-0.39, 0.29) is 0 Å². The maximum Gasteiger partial charge on any atom is -0.0172 e. The van der Waals surface area contributed by atoms with E-state index >= 15 is 0 Å². The average Bonchev–Trinajstić information content (AvgIpc) is 1.90. The highest BCUT2D eigenvalue weighted by Gasteiger charge is 2.19. The summed E-state index contributed by atoms with van der Waals surface area (Å²) in [6, 6.07) is 0. The van der Waals surface area contributed by atoms with Crippen LogP contribution in [0.2, 0.25) is 0 Å². The Hall–Kier alpha value is -0.260. The zero-order chi connectivity index (χ0) is 7.61. The van der Waals surface area contributed by atoms with Gasteiger partial charge in [0.15, 0.2) is 0 Å². The number of hydrogen-bond donors (Lipinski definition) is 0. The van der Waals surface area contributed by atoms with Crippen LogP contribution in [0, 0.1) is 11.3 Å². The third kappa shape index (κ3) is 2.17. The van der Waals surface area contributed by atoms with Gasteiger partial charge >= 0.3 is 0 Å². The van der Waals surface area contributed by atoms with Gasteiger partial charge in [0, 0.05) is 0 Å². The summed E-state index contributed by atoms with van der Waals surface area (Å²) in [5.41, 5.74) is 0.454. The smallest absolute Gasteiger partial charge is 0.0172 e. The molecule has 0 fully saturated rings. The minimum Gasteiger partial charge on any atom is -0.0880 e. The van der Waals surface area contributed by atoms with Crippen molar-refractivity contribution < 1.29 is 0 Å². The van der Waals surface area contributed by atoms with Crippen LogP contribution in [0.1, 0.15) is 40.0 Å². The van der Waals surface area contributed by atoms with Crippen molar-refractivity contribution in [1.29, 1.82) is 0 Å². The molecule has 0 radical (unpaired) electrons. The van der Waals surface area contributed by atoms with Gasteiger partial charge in [-0.2, -0.15) is 0 Å². The quantitative estimate of drug-likeness (QED) is 0.450. The molecule has 0 aromatic heterocycles. The van der Waals surface area contributed by atoms with Crippen molar-refractivity contribution in [3.8, 4) is 0 Å². The fraction of sp³-hybridized carbons (Fsp3) is 0.800. The van der Waals surface area contributed by atoms with Crippen LogP contribution in [-0.2, 0) is 0 Å². The Morgan fingerprint density at radius 3 is 2.80 bits per heavy atom. The molecule has 0 saturated carbocycles. The summed E-state index contributed by atoms with van der Waals surface area (Å²) in [6.45, 7) is 7.01. The van der Waals surface area contributed by atoms with Gasteiger partial charge in [0.05, 0.1) is 0 Å². The first-order valence-corrected chi connectivity index (χ1v) is 4.28. The molecule has 0 N–H and O–H groups in total. The molecule has 0 spiro atoms. The fourth-order valence-corrected chi connectivity index (χ4v) is 1.85. The van der Waals surface area contributed by atoms with Gasteiger partial charge in [-0.25, -0.2) is 0 Å². The van der Waals surface area contributed by atoms with Gasteiger partial charge in [0.1, 0.15) is 0 Å². The van der Waals surface area contributed by atoms with Gasteiger partial charge in [-0.3, -0.25) is 0 Å². The van der Waals surface area contributed by atoms with Crippen LogP contribution >= 0.6 is 0 Å². The first kappa shape index (κ1) is 7.84. The summed E-state index contributed by atoms with van der Waals surface area (Å²) < 4.78 is 0. The van der Waals surface area contributed by atoms with Crippen LogP contribution in [0.25, 0.3) is 0 Å². The van der Waals surface area contributed by atoms with Crippen molar-refractivity contribution in [3.63, 3.8) is 0 Å². The molecule has 58 valence electrons. The van der Waals surface area contributed by atoms with E-state index < -0.39 is 0 Å². The van der Waals surface area contributed by atoms with E-state index in [0.29, 0.717) is 5.41 Å². The van der Waals surface area contributed by atoms with Gasteiger partial charge in [-0.15, -0.1) is 0 Å². The van der Waals surface area contributed by atoms with Crippen molar-refractivity contribution in [2.45, 2.75) is 40.0 Å². The normalized spacial score (nSPS) is 31.7. The molecule has 1 atom stereocenters. The molecular formula is C10H18. The molecule has 1 unspecified atom stereocenters. The second kappa shape index (κ2) is 2.77. The van der Waals surface area contributed by atoms with Crippen LogP contribution in [0.15, 0.2) is 12.2 Å². The van der Waals surface area contributed by atoms with E-state index in [9.17, 15) is 0 Å². The Labute approximate surface area is 64.3 Å². The molecular weight excluding hydrogens is 120 g/mol. The van der Waals surface area contributed by atoms with Gasteiger partial charge in [0.25, 0.3) is 0 Å². The number of hydrogen-bond acceptors (Lipinski definition) is 0. The largest absolute Gasteiger partial charge is 0.0880 e. The highest BCUT2D eigenvalue weighted by molar-refractivity contribution is 4.98. The van der Waals surface area contributed by atoms with Gasteiger partial charge < -0.3 is 0 Å². The van der Waals surface area contributed by atoms with E-state index in [2.05, 4.69) is 32.9 Å². The fourth-order valence-electron chi connectivity index (χ4n) is 1.85. The SMILES string of the molecule is CC1CCC=CC(C)(C)C1. The molecule has 0 aromatic rings. The van der Waals surface area contributed by atoms with Crippen molar-refractivity contribution in [3.05, 3.63) is 12.2 Å². The van der Waals surface area contributed by atoms with Crippen LogP contribution in [0.4, 0.5) is 0 Å². The highest BCUT2D eigenvalue weighted by Crippen LogP contribution is 2.31. The Balaban J connectivity index is 2.59. The van der Waals surface area contributed by atoms with Crippen LogP contribution < -0.4 is 0 Å². The van der Waals surface area contributed by atoms with Crippen LogP contribution in [-0.4, -0.2) is 0 Å². The molecule has 1 aliphatic carbocycles. The molecule has 0 saturated heterocycles. The second-order valence-corrected chi connectivity index (χ2v) is 4.28. The predicted octanol–water partition coefficient (Wildman–Crippen LogP) is 3.39. The van der Waals surface area contributed by atoms with E-state index in [0.717, 1.165) is 5.92 Å². The topological polar surface area (TPSA) is 0 Å². The zero-order valence-electron chi connectivity index (χ0n) is 7.35. The first-order chi connectivity index (χ1) is 4.60. The zero-order valence-corrected chi connectivity index (χ0v) is 7.35. The Morgan fingerprint density at radius 2 is 2.10 bits per heavy atom. The maximum atomic E-state index is 2.37. The van der Waals surface area contributed by atoms with Gasteiger partial charge in [0.2, 0.25) is 0 Å². The Bertz CT molecular complexity index is 131. The molecule has 0 bridgehead atoms. The second-order valence-electron chi connectivity index (χ2n) is 4.28. The lowest BCUT2D eigenvalue weighted by molar-refractivity contribution is 0.348. The number of allylic oxidation sites excluding steroid dienone is 2. The standard InChI is InChI=1S/C10H18/c1-9-6-4-5-7-10(2,3)8-9/h5,7,9H,4,6,8H2,1-3H3. The highest BCUT2D eigenvalue weighted by atomic mass is 14.2. The summed E-state index contributed by atoms with van der Waals surface area (Å²) in [5.74, 6) is 0.907. The Kier molecular flexibility index (Phi) is 2.18. The molecule has 0 heteroatoms. The van der Waals surface area contributed by atoms with Crippen molar-refractivity contribution in [2.75, 3.05) is 0 Å². The monoisotopic (exact) mass is 138 g/mol. The summed E-state index contributed by atoms with van der Waals surface area (Å²) in [7, 11) is 0. The van der Waals surface area contributed by atoms with Crippen LogP contribution in [0.3, 0.4) is 0 Å². The molecule has 0 aliphatic heterocycles. The maximum absolute atomic E-state index is 2.37. The lowest BCUT2D eigenvalue weighted by Crippen LogP contribution is -2.10. The van der Waals surface area contributed by atoms with Crippen molar-refractivity contribution in [1.82, 2.24) is 0 Å². The Morgan fingerprint density at radius 1 is 1.40 bits per heavy atom. The average molecular weight is 138 g/mol. The lowest BCUT2D eigenvalue weighted by Gasteiger charge is -2.21. The predicted molar refractivity (Wildman–Crippen MR) is 45.9 cm³/mol. The molecule has 0 amide bonds. The van der Waals surface area contributed by atoms with E-state index in [1.807, 2.05) is 0 Å². The molecule has 10 heavy (non-hydrogen) atoms. The molecule has 0 nitrogen and oxygen atoms in total. The summed E-state index contributed by atoms with van der Waals surface area (Å²) >= 11 is 0. The lowest BCUT2D eigenvalue weighted by atomic mass is 9.84. The van der Waals surface area contributed by atoms with E-state index in [4.69, 9.17) is 0 Å². The summed E-state index contributed by atoms with van der Waals surface area (Å²) in [5, 5.41) is 0. The van der Waals surface area contributed by atoms with Crippen molar-refractivity contribution >= 4 is 0 Å². The number of rotatable bonds is 0. The minimum absolute atomic E-state index is 0.454. The molecule has 0 aromatic carbocycles. The third-order valence-corrected chi connectivity index (χ3v) is 2.27. The van der Waals surface area contributed by atoms with Crippen molar-refractivity contribution in [2.24, 2.45) is 11.3 Å². The molecule has 1 aliphatic rings. The summed E-state index contributed by atoms with van der Waals surface area (Å²) in [4.78, 5) is 0. The minimum atomic E-state index is 0.454. The third-order valence-electron chi connectivity index (χ3n) is 2.27. The van der Waals surface area contributed by atoms with Crippen LogP contribution in [0.5, 0.6) is 0 Å². The van der Waals surface area contributed by atoms with Gasteiger partial charge in [-0.05, 0) is 30.6 Å². The van der Waals surface area contributed by atoms with Gasteiger partial charge in [-0.1, -0.05) is 32.9 Å². The molecule has 0 heterocycles. The van der Waals surface area contributed by atoms with E-state index in [1.54, 1.807) is 0 Å². The molecule has 1 rings (SSSR count).